The molecule has 0 N–H and O–H groups in total. The minimum atomic E-state index is 0.532. The first-order chi connectivity index (χ1) is 14.8. The summed E-state index contributed by atoms with van der Waals surface area (Å²) in [5, 5.41) is 18.7. The van der Waals surface area contributed by atoms with E-state index in [4.69, 9.17) is 14.7 Å². The van der Waals surface area contributed by atoms with Crippen LogP contribution in [0.4, 0.5) is 5.95 Å². The van der Waals surface area contributed by atoms with Gasteiger partial charge in [-0.05, 0) is 42.8 Å². The van der Waals surface area contributed by atoms with Crippen LogP contribution in [-0.2, 0) is 4.74 Å². The summed E-state index contributed by atoms with van der Waals surface area (Å²) in [6, 6.07) is 17.5. The van der Waals surface area contributed by atoms with Crippen molar-refractivity contribution in [2.45, 2.75) is 12.1 Å². The molecule has 3 aromatic rings. The van der Waals surface area contributed by atoms with Gasteiger partial charge < -0.3 is 14.4 Å². The van der Waals surface area contributed by atoms with Crippen molar-refractivity contribution in [1.82, 2.24) is 14.8 Å². The molecule has 0 radical (unpaired) electrons. The molecule has 30 heavy (non-hydrogen) atoms. The molecular weight excluding hydrogens is 398 g/mol. The van der Waals surface area contributed by atoms with Crippen molar-refractivity contribution in [3.05, 3.63) is 59.7 Å². The van der Waals surface area contributed by atoms with Gasteiger partial charge in [0.2, 0.25) is 5.95 Å². The smallest absolute Gasteiger partial charge is 0.232 e. The predicted octanol–water partition coefficient (Wildman–Crippen LogP) is 3.46. The average molecular weight is 422 g/mol. The Bertz CT molecular complexity index is 1020. The largest absolute Gasteiger partial charge is 0.493 e. The molecule has 2 aromatic carbocycles. The quantitative estimate of drug-likeness (QED) is 0.427. The Morgan fingerprint density at radius 3 is 2.60 bits per heavy atom. The molecule has 1 aliphatic rings. The third-order valence-corrected chi connectivity index (χ3v) is 5.73. The second-order valence-electron chi connectivity index (χ2n) is 6.84. The van der Waals surface area contributed by atoms with Crippen molar-refractivity contribution in [1.29, 1.82) is 5.26 Å². The molecule has 154 valence electrons. The van der Waals surface area contributed by atoms with Gasteiger partial charge in [-0.2, -0.15) is 5.26 Å². The minimum Gasteiger partial charge on any atom is -0.493 e. The Morgan fingerprint density at radius 1 is 1.10 bits per heavy atom. The lowest BCUT2D eigenvalue weighted by Crippen LogP contribution is -2.38. The summed E-state index contributed by atoms with van der Waals surface area (Å²) in [7, 11) is 0. The zero-order valence-corrected chi connectivity index (χ0v) is 17.6. The molecule has 0 spiro atoms. The Kier molecular flexibility index (Phi) is 6.52. The summed E-state index contributed by atoms with van der Waals surface area (Å²) in [5.74, 6) is 2.33. The van der Waals surface area contributed by atoms with Gasteiger partial charge in [-0.1, -0.05) is 30.0 Å². The number of morpholine rings is 1. The number of para-hydroxylation sites is 1. The van der Waals surface area contributed by atoms with Crippen LogP contribution < -0.4 is 9.64 Å². The molecule has 1 saturated heterocycles. The molecule has 1 aromatic heterocycles. The lowest BCUT2D eigenvalue weighted by Gasteiger charge is -2.28. The molecular formula is C22H23N5O2S. The maximum atomic E-state index is 8.88. The van der Waals surface area contributed by atoms with Gasteiger partial charge in [0, 0.05) is 18.8 Å². The molecule has 4 rings (SSSR count). The topological polar surface area (TPSA) is 76.2 Å². The number of ether oxygens (including phenoxy) is 2. The van der Waals surface area contributed by atoms with Crippen molar-refractivity contribution >= 4 is 17.7 Å². The van der Waals surface area contributed by atoms with E-state index in [1.165, 1.54) is 5.56 Å². The van der Waals surface area contributed by atoms with E-state index in [9.17, 15) is 0 Å². The Labute approximate surface area is 180 Å². The lowest BCUT2D eigenvalue weighted by atomic mass is 10.2. The molecule has 0 aliphatic carbocycles. The van der Waals surface area contributed by atoms with Gasteiger partial charge in [0.05, 0.1) is 37.1 Å². The summed E-state index contributed by atoms with van der Waals surface area (Å²) in [4.78, 5) is 2.22. The number of hydrogen-bond acceptors (Lipinski definition) is 7. The number of thioether (sulfide) groups is 1. The molecule has 2 heterocycles. The van der Waals surface area contributed by atoms with Gasteiger partial charge in [-0.25, -0.2) is 0 Å². The van der Waals surface area contributed by atoms with Crippen LogP contribution in [0.1, 0.15) is 11.1 Å². The second-order valence-corrected chi connectivity index (χ2v) is 7.90. The standard InChI is InChI=1S/C22H23N5O2S/c1-17-4-2-3-5-20(17)27-21(26-10-12-28-13-11-26)24-25-22(27)30-15-14-29-19-8-6-18(16-23)7-9-19/h2-9H,10-15H2,1H3. The van der Waals surface area contributed by atoms with Crippen molar-refractivity contribution in [3.63, 3.8) is 0 Å². The molecule has 0 saturated carbocycles. The molecule has 1 fully saturated rings. The lowest BCUT2D eigenvalue weighted by molar-refractivity contribution is 0.122. The number of nitrogens with zero attached hydrogens (tertiary/aromatic N) is 5. The fourth-order valence-corrected chi connectivity index (χ4v) is 4.02. The van der Waals surface area contributed by atoms with Crippen molar-refractivity contribution in [2.24, 2.45) is 0 Å². The van der Waals surface area contributed by atoms with Crippen molar-refractivity contribution in [3.8, 4) is 17.5 Å². The molecule has 7 nitrogen and oxygen atoms in total. The molecule has 1 aliphatic heterocycles. The number of anilines is 1. The van der Waals surface area contributed by atoms with Crippen LogP contribution in [-0.4, -0.2) is 53.4 Å². The number of aromatic nitrogens is 3. The van der Waals surface area contributed by atoms with E-state index in [0.29, 0.717) is 25.4 Å². The maximum absolute atomic E-state index is 8.88. The van der Waals surface area contributed by atoms with E-state index in [1.807, 2.05) is 24.3 Å². The number of nitriles is 1. The van der Waals surface area contributed by atoms with E-state index in [0.717, 1.165) is 41.4 Å². The monoisotopic (exact) mass is 421 g/mol. The van der Waals surface area contributed by atoms with E-state index >= 15 is 0 Å². The normalized spacial score (nSPS) is 13.8. The van der Waals surface area contributed by atoms with Gasteiger partial charge in [0.25, 0.3) is 0 Å². The number of hydrogen-bond donors (Lipinski definition) is 0. The fourth-order valence-electron chi connectivity index (χ4n) is 3.27. The summed E-state index contributed by atoms with van der Waals surface area (Å²) in [6.07, 6.45) is 0. The van der Waals surface area contributed by atoms with Gasteiger partial charge in [0.15, 0.2) is 5.16 Å². The maximum Gasteiger partial charge on any atom is 0.232 e. The first-order valence-corrected chi connectivity index (χ1v) is 10.8. The number of aryl methyl sites for hydroxylation is 1. The van der Waals surface area contributed by atoms with Crippen LogP contribution in [0.5, 0.6) is 5.75 Å². The van der Waals surface area contributed by atoms with Crippen LogP contribution in [0.15, 0.2) is 53.7 Å². The van der Waals surface area contributed by atoms with Crippen LogP contribution >= 0.6 is 11.8 Å². The zero-order valence-electron chi connectivity index (χ0n) is 16.8. The predicted molar refractivity (Wildman–Crippen MR) is 117 cm³/mol. The average Bonchev–Trinajstić information content (AvgIpc) is 3.21. The first-order valence-electron chi connectivity index (χ1n) is 9.86. The molecule has 0 atom stereocenters. The first kappa shape index (κ1) is 20.3. The van der Waals surface area contributed by atoms with Gasteiger partial charge in [-0.3, -0.25) is 4.57 Å². The molecule has 0 amide bonds. The van der Waals surface area contributed by atoms with E-state index in [1.54, 1.807) is 23.9 Å². The van der Waals surface area contributed by atoms with Gasteiger partial charge >= 0.3 is 0 Å². The fraction of sp³-hybridized carbons (Fsp3) is 0.318. The van der Waals surface area contributed by atoms with Gasteiger partial charge in [0.1, 0.15) is 5.75 Å². The summed E-state index contributed by atoms with van der Waals surface area (Å²) in [5.41, 5.74) is 2.88. The SMILES string of the molecule is Cc1ccccc1-n1c(SCCOc2ccc(C#N)cc2)nnc1N1CCOCC1. The van der Waals surface area contributed by atoms with E-state index in [-0.39, 0.29) is 0 Å². The highest BCUT2D eigenvalue weighted by atomic mass is 32.2. The molecule has 8 heteroatoms. The van der Waals surface area contributed by atoms with Crippen LogP contribution in [0.25, 0.3) is 5.69 Å². The molecule has 0 bridgehead atoms. The highest BCUT2D eigenvalue weighted by Gasteiger charge is 2.22. The van der Waals surface area contributed by atoms with Crippen LogP contribution in [0.2, 0.25) is 0 Å². The molecule has 0 unspecified atom stereocenters. The number of rotatable bonds is 7. The Morgan fingerprint density at radius 2 is 1.87 bits per heavy atom. The van der Waals surface area contributed by atoms with Crippen LogP contribution in [0, 0.1) is 18.3 Å². The third kappa shape index (κ3) is 4.58. The third-order valence-electron chi connectivity index (χ3n) is 4.83. The summed E-state index contributed by atoms with van der Waals surface area (Å²) < 4.78 is 13.4. The van der Waals surface area contributed by atoms with Crippen molar-refractivity contribution < 1.29 is 9.47 Å². The summed E-state index contributed by atoms with van der Waals surface area (Å²) >= 11 is 1.62. The van der Waals surface area contributed by atoms with Gasteiger partial charge in [-0.15, -0.1) is 10.2 Å². The highest BCUT2D eigenvalue weighted by Crippen LogP contribution is 2.28. The zero-order chi connectivity index (χ0) is 20.8. The van der Waals surface area contributed by atoms with Crippen molar-refractivity contribution in [2.75, 3.05) is 43.6 Å². The van der Waals surface area contributed by atoms with E-state index in [2.05, 4.69) is 44.8 Å². The van der Waals surface area contributed by atoms with Crippen LogP contribution in [0.3, 0.4) is 0 Å². The number of benzene rings is 2. The minimum absolute atomic E-state index is 0.532. The summed E-state index contributed by atoms with van der Waals surface area (Å²) in [6.45, 7) is 5.63. The Hall–Kier alpha value is -3.02. The van der Waals surface area contributed by atoms with E-state index < -0.39 is 0 Å². The second kappa shape index (κ2) is 9.65. The highest BCUT2D eigenvalue weighted by molar-refractivity contribution is 7.99. The Balaban J connectivity index is 1.49.